The SMILES string of the molecule is Cc1oc(-c2cccs2)nc1CC(=O)Nc1ccc2oc(C3CC3)nc2c1. The van der Waals surface area contributed by atoms with E-state index in [1.807, 2.05) is 42.6 Å². The van der Waals surface area contributed by atoms with E-state index in [1.54, 1.807) is 11.3 Å². The number of thiophene rings is 1. The van der Waals surface area contributed by atoms with Crippen molar-refractivity contribution >= 4 is 34.0 Å². The number of anilines is 1. The van der Waals surface area contributed by atoms with Crippen LogP contribution in [0.15, 0.2) is 44.5 Å². The fourth-order valence-electron chi connectivity index (χ4n) is 2.98. The molecule has 0 spiro atoms. The minimum atomic E-state index is -0.144. The maximum atomic E-state index is 12.5. The van der Waals surface area contributed by atoms with Crippen molar-refractivity contribution in [2.75, 3.05) is 5.32 Å². The van der Waals surface area contributed by atoms with Crippen molar-refractivity contribution in [3.8, 4) is 10.8 Å². The highest BCUT2D eigenvalue weighted by Crippen LogP contribution is 2.40. The van der Waals surface area contributed by atoms with Crippen LogP contribution >= 0.6 is 11.3 Å². The molecule has 0 radical (unpaired) electrons. The highest BCUT2D eigenvalue weighted by atomic mass is 32.1. The molecule has 0 unspecified atom stereocenters. The van der Waals surface area contributed by atoms with E-state index in [-0.39, 0.29) is 12.3 Å². The van der Waals surface area contributed by atoms with Crippen LogP contribution in [0.1, 0.15) is 36.1 Å². The maximum absolute atomic E-state index is 12.5. The van der Waals surface area contributed by atoms with Gasteiger partial charge in [0.1, 0.15) is 11.3 Å². The number of oxazole rings is 2. The Morgan fingerprint density at radius 3 is 2.93 bits per heavy atom. The minimum Gasteiger partial charge on any atom is -0.440 e. The molecule has 1 saturated carbocycles. The number of aryl methyl sites for hydroxylation is 1. The topological polar surface area (TPSA) is 81.2 Å². The van der Waals surface area contributed by atoms with Crippen LogP contribution < -0.4 is 5.32 Å². The highest BCUT2D eigenvalue weighted by Gasteiger charge is 2.28. The smallest absolute Gasteiger partial charge is 0.236 e. The van der Waals surface area contributed by atoms with Crippen LogP contribution in [0.4, 0.5) is 5.69 Å². The molecule has 1 aliphatic rings. The van der Waals surface area contributed by atoms with Crippen LogP contribution in [0.3, 0.4) is 0 Å². The van der Waals surface area contributed by atoms with Gasteiger partial charge < -0.3 is 14.2 Å². The van der Waals surface area contributed by atoms with Crippen LogP contribution in [0.25, 0.3) is 21.9 Å². The van der Waals surface area contributed by atoms with Gasteiger partial charge in [0.05, 0.1) is 17.0 Å². The number of rotatable bonds is 5. The summed E-state index contributed by atoms with van der Waals surface area (Å²) in [4.78, 5) is 22.4. The average Bonchev–Trinajstić information content (AvgIpc) is 3.05. The Balaban J connectivity index is 1.31. The van der Waals surface area contributed by atoms with Crippen molar-refractivity contribution in [1.82, 2.24) is 9.97 Å². The minimum absolute atomic E-state index is 0.144. The molecule has 1 amide bonds. The van der Waals surface area contributed by atoms with E-state index in [9.17, 15) is 4.79 Å². The van der Waals surface area contributed by atoms with E-state index in [1.165, 1.54) is 0 Å². The molecule has 0 saturated heterocycles. The molecule has 5 rings (SSSR count). The number of carbonyl (C=O) groups is 1. The number of hydrogen-bond acceptors (Lipinski definition) is 6. The molecular formula is C20H17N3O3S. The molecule has 7 heteroatoms. The van der Waals surface area contributed by atoms with E-state index >= 15 is 0 Å². The number of carbonyl (C=O) groups excluding carboxylic acids is 1. The standard InChI is InChI=1S/C20H17N3O3S/c1-11-14(22-20(25-11)17-3-2-8-27-17)10-18(24)21-13-6-7-16-15(9-13)23-19(26-16)12-4-5-12/h2-3,6-9,12H,4-5,10H2,1H3,(H,21,24). The first-order valence-electron chi connectivity index (χ1n) is 8.86. The van der Waals surface area contributed by atoms with E-state index in [4.69, 9.17) is 8.83 Å². The Labute approximate surface area is 159 Å². The third kappa shape index (κ3) is 3.26. The summed E-state index contributed by atoms with van der Waals surface area (Å²) in [5.41, 5.74) is 2.87. The number of fused-ring (bicyclic) bond motifs is 1. The van der Waals surface area contributed by atoms with E-state index in [0.717, 1.165) is 34.7 Å². The lowest BCUT2D eigenvalue weighted by Crippen LogP contribution is -2.15. The molecule has 3 heterocycles. The van der Waals surface area contributed by atoms with Crippen LogP contribution in [-0.4, -0.2) is 15.9 Å². The zero-order valence-electron chi connectivity index (χ0n) is 14.7. The number of benzene rings is 1. The number of nitrogens with zero attached hydrogens (tertiary/aromatic N) is 2. The summed E-state index contributed by atoms with van der Waals surface area (Å²) in [6, 6.07) is 9.41. The van der Waals surface area contributed by atoms with Gasteiger partial charge in [-0.25, -0.2) is 9.97 Å². The van der Waals surface area contributed by atoms with Gasteiger partial charge in [0.15, 0.2) is 11.5 Å². The highest BCUT2D eigenvalue weighted by molar-refractivity contribution is 7.13. The molecule has 1 N–H and O–H groups in total. The van der Waals surface area contributed by atoms with E-state index in [0.29, 0.717) is 29.0 Å². The van der Waals surface area contributed by atoms with Gasteiger partial charge in [-0.1, -0.05) is 6.07 Å². The largest absolute Gasteiger partial charge is 0.440 e. The Hall–Kier alpha value is -2.93. The summed E-state index contributed by atoms with van der Waals surface area (Å²) in [5.74, 6) is 2.34. The first-order valence-corrected chi connectivity index (χ1v) is 9.74. The predicted octanol–water partition coefficient (Wildman–Crippen LogP) is 4.91. The van der Waals surface area contributed by atoms with Crippen LogP contribution in [0.5, 0.6) is 0 Å². The predicted molar refractivity (Wildman–Crippen MR) is 103 cm³/mol. The second-order valence-corrected chi connectivity index (χ2v) is 7.68. The van der Waals surface area contributed by atoms with E-state index < -0.39 is 0 Å². The summed E-state index contributed by atoms with van der Waals surface area (Å²) >= 11 is 1.56. The van der Waals surface area contributed by atoms with Gasteiger partial charge in [0, 0.05) is 11.6 Å². The molecule has 3 aromatic heterocycles. The molecule has 0 bridgehead atoms. The number of hydrogen-bond donors (Lipinski definition) is 1. The van der Waals surface area contributed by atoms with Crippen molar-refractivity contribution in [1.29, 1.82) is 0 Å². The summed E-state index contributed by atoms with van der Waals surface area (Å²) in [5, 5.41) is 4.88. The Kier molecular flexibility index (Phi) is 3.82. The summed E-state index contributed by atoms with van der Waals surface area (Å²) in [7, 11) is 0. The van der Waals surface area contributed by atoms with E-state index in [2.05, 4.69) is 15.3 Å². The average molecular weight is 379 g/mol. The normalized spacial score (nSPS) is 14.0. The van der Waals surface area contributed by atoms with Gasteiger partial charge >= 0.3 is 0 Å². The van der Waals surface area contributed by atoms with Crippen molar-refractivity contribution in [2.24, 2.45) is 0 Å². The Morgan fingerprint density at radius 1 is 1.26 bits per heavy atom. The van der Waals surface area contributed by atoms with Crippen LogP contribution in [-0.2, 0) is 11.2 Å². The zero-order chi connectivity index (χ0) is 18.4. The van der Waals surface area contributed by atoms with Gasteiger partial charge in [-0.3, -0.25) is 4.79 Å². The Bertz CT molecular complexity index is 1120. The summed E-state index contributed by atoms with van der Waals surface area (Å²) < 4.78 is 11.5. The van der Waals surface area contributed by atoms with Crippen molar-refractivity contribution < 1.29 is 13.6 Å². The zero-order valence-corrected chi connectivity index (χ0v) is 15.5. The van der Waals surface area contributed by atoms with Gasteiger partial charge in [-0.15, -0.1) is 11.3 Å². The molecule has 0 aliphatic heterocycles. The number of nitrogens with one attached hydrogen (secondary N) is 1. The van der Waals surface area contributed by atoms with Gasteiger partial charge in [-0.05, 0) is 49.4 Å². The third-order valence-electron chi connectivity index (χ3n) is 4.57. The van der Waals surface area contributed by atoms with Crippen molar-refractivity contribution in [3.05, 3.63) is 53.1 Å². The lowest BCUT2D eigenvalue weighted by atomic mass is 10.2. The van der Waals surface area contributed by atoms with Gasteiger partial charge in [0.25, 0.3) is 0 Å². The molecule has 1 aliphatic carbocycles. The molecule has 0 atom stereocenters. The molecule has 1 fully saturated rings. The quantitative estimate of drug-likeness (QED) is 0.533. The van der Waals surface area contributed by atoms with Crippen molar-refractivity contribution in [2.45, 2.75) is 32.1 Å². The van der Waals surface area contributed by atoms with Gasteiger partial charge in [-0.2, -0.15) is 0 Å². The lowest BCUT2D eigenvalue weighted by Gasteiger charge is -2.03. The maximum Gasteiger partial charge on any atom is 0.236 e. The summed E-state index contributed by atoms with van der Waals surface area (Å²) in [6.45, 7) is 1.83. The molecular weight excluding hydrogens is 362 g/mol. The molecule has 27 heavy (non-hydrogen) atoms. The fourth-order valence-corrected chi connectivity index (χ4v) is 3.63. The monoisotopic (exact) mass is 379 g/mol. The fraction of sp³-hybridized carbons (Fsp3) is 0.250. The van der Waals surface area contributed by atoms with Crippen molar-refractivity contribution in [3.63, 3.8) is 0 Å². The Morgan fingerprint density at radius 2 is 2.15 bits per heavy atom. The number of aromatic nitrogens is 2. The molecule has 4 aromatic rings. The molecule has 6 nitrogen and oxygen atoms in total. The number of amides is 1. The summed E-state index contributed by atoms with van der Waals surface area (Å²) in [6.07, 6.45) is 2.44. The lowest BCUT2D eigenvalue weighted by molar-refractivity contribution is -0.115. The third-order valence-corrected chi connectivity index (χ3v) is 5.42. The van der Waals surface area contributed by atoms with Gasteiger partial charge in [0.2, 0.25) is 11.8 Å². The first-order chi connectivity index (χ1) is 13.2. The molecule has 1 aromatic carbocycles. The second-order valence-electron chi connectivity index (χ2n) is 6.73. The molecule has 136 valence electrons. The van der Waals surface area contributed by atoms with Crippen LogP contribution in [0, 0.1) is 6.92 Å². The van der Waals surface area contributed by atoms with Crippen LogP contribution in [0.2, 0.25) is 0 Å². The second kappa shape index (κ2) is 6.35. The first kappa shape index (κ1) is 16.3.